The molecule has 0 bridgehead atoms. The number of nitrogens with one attached hydrogen (secondary N) is 1. The molecule has 1 atom stereocenters. The van der Waals surface area contributed by atoms with Gasteiger partial charge in [-0.2, -0.15) is 0 Å². The van der Waals surface area contributed by atoms with Gasteiger partial charge in [-0.3, -0.25) is 9.59 Å². The van der Waals surface area contributed by atoms with Crippen LogP contribution in [0, 0.1) is 0 Å². The minimum absolute atomic E-state index is 0.0618. The first kappa shape index (κ1) is 13.1. The maximum Gasteiger partial charge on any atom is 0.371 e. The number of likely N-dealkylation sites (tertiary alicyclic amines) is 1. The van der Waals surface area contributed by atoms with Crippen LogP contribution in [0.1, 0.15) is 34.0 Å². The number of carboxylic acid groups (broad SMARTS) is 1. The summed E-state index contributed by atoms with van der Waals surface area (Å²) in [4.78, 5) is 35.9. The molecule has 1 aromatic heterocycles. The molecule has 102 valence electrons. The van der Waals surface area contributed by atoms with Crippen molar-refractivity contribution in [2.75, 3.05) is 13.6 Å². The van der Waals surface area contributed by atoms with Gasteiger partial charge in [0.25, 0.3) is 5.91 Å². The fraction of sp³-hybridized carbons (Fsp3) is 0.417. The Morgan fingerprint density at radius 1 is 1.37 bits per heavy atom. The van der Waals surface area contributed by atoms with Crippen LogP contribution in [0.25, 0.3) is 0 Å². The topological polar surface area (TPSA) is 99.9 Å². The molecule has 0 aromatic carbocycles. The third kappa shape index (κ3) is 2.44. The molecular formula is C12H14N2O5. The summed E-state index contributed by atoms with van der Waals surface area (Å²) < 4.78 is 4.96. The summed E-state index contributed by atoms with van der Waals surface area (Å²) in [7, 11) is 1.51. The van der Waals surface area contributed by atoms with Gasteiger partial charge in [-0.25, -0.2) is 4.79 Å². The monoisotopic (exact) mass is 266 g/mol. The van der Waals surface area contributed by atoms with E-state index in [1.54, 1.807) is 0 Å². The molecule has 0 spiro atoms. The highest BCUT2D eigenvalue weighted by Crippen LogP contribution is 2.21. The van der Waals surface area contributed by atoms with E-state index in [1.807, 2.05) is 0 Å². The predicted octanol–water partition coefficient (Wildman–Crippen LogP) is 0.328. The largest absolute Gasteiger partial charge is 0.475 e. The SMILES string of the molecule is CNC(=O)C1CCCN1C(=O)c1ccc(C(=O)O)o1. The van der Waals surface area contributed by atoms with Gasteiger partial charge in [0.2, 0.25) is 11.7 Å². The average Bonchev–Trinajstić information content (AvgIpc) is 3.05. The lowest BCUT2D eigenvalue weighted by Gasteiger charge is -2.22. The van der Waals surface area contributed by atoms with Gasteiger partial charge in [-0.05, 0) is 25.0 Å². The van der Waals surface area contributed by atoms with E-state index >= 15 is 0 Å². The molecule has 1 aromatic rings. The molecule has 0 saturated carbocycles. The summed E-state index contributed by atoms with van der Waals surface area (Å²) in [6.07, 6.45) is 1.33. The van der Waals surface area contributed by atoms with Gasteiger partial charge in [0, 0.05) is 13.6 Å². The fourth-order valence-electron chi connectivity index (χ4n) is 2.16. The second-order valence-electron chi connectivity index (χ2n) is 4.24. The van der Waals surface area contributed by atoms with Gasteiger partial charge >= 0.3 is 5.97 Å². The first-order valence-corrected chi connectivity index (χ1v) is 5.90. The summed E-state index contributed by atoms with van der Waals surface area (Å²) in [6, 6.07) is 2.02. The highest BCUT2D eigenvalue weighted by molar-refractivity contribution is 5.97. The van der Waals surface area contributed by atoms with Crippen LogP contribution in [0.4, 0.5) is 0 Å². The molecule has 2 rings (SSSR count). The summed E-state index contributed by atoms with van der Waals surface area (Å²) in [5, 5.41) is 11.2. The molecule has 7 heteroatoms. The highest BCUT2D eigenvalue weighted by atomic mass is 16.4. The maximum atomic E-state index is 12.2. The van der Waals surface area contributed by atoms with Crippen LogP contribution in [0.5, 0.6) is 0 Å². The van der Waals surface area contributed by atoms with Crippen LogP contribution in [0.2, 0.25) is 0 Å². The number of likely N-dealkylation sites (N-methyl/N-ethyl adjacent to an activating group) is 1. The van der Waals surface area contributed by atoms with Gasteiger partial charge in [0.15, 0.2) is 5.76 Å². The quantitative estimate of drug-likeness (QED) is 0.821. The number of nitrogens with zero attached hydrogens (tertiary/aromatic N) is 1. The molecule has 1 aliphatic heterocycles. The Morgan fingerprint density at radius 3 is 2.63 bits per heavy atom. The normalized spacial score (nSPS) is 18.4. The number of hydrogen-bond acceptors (Lipinski definition) is 4. The van der Waals surface area contributed by atoms with Crippen molar-refractivity contribution in [3.8, 4) is 0 Å². The Balaban J connectivity index is 2.18. The van der Waals surface area contributed by atoms with Crippen LogP contribution in [0.15, 0.2) is 16.5 Å². The average molecular weight is 266 g/mol. The molecule has 1 fully saturated rings. The Bertz CT molecular complexity index is 522. The lowest BCUT2D eigenvalue weighted by atomic mass is 10.2. The van der Waals surface area contributed by atoms with Crippen molar-refractivity contribution in [2.24, 2.45) is 0 Å². The zero-order chi connectivity index (χ0) is 14.0. The minimum Gasteiger partial charge on any atom is -0.475 e. The molecule has 2 heterocycles. The molecule has 1 aliphatic rings. The molecule has 1 unspecified atom stereocenters. The highest BCUT2D eigenvalue weighted by Gasteiger charge is 2.35. The number of amides is 2. The standard InChI is InChI=1S/C12H14N2O5/c1-13-10(15)7-3-2-6-14(7)11(16)8-4-5-9(19-8)12(17)18/h4-5,7H,2-3,6H2,1H3,(H,13,15)(H,17,18). The number of carbonyl (C=O) groups is 3. The predicted molar refractivity (Wildman–Crippen MR) is 63.8 cm³/mol. The molecule has 19 heavy (non-hydrogen) atoms. The Morgan fingerprint density at radius 2 is 2.05 bits per heavy atom. The maximum absolute atomic E-state index is 12.2. The third-order valence-electron chi connectivity index (χ3n) is 3.09. The Hall–Kier alpha value is -2.31. The Labute approximate surface area is 109 Å². The smallest absolute Gasteiger partial charge is 0.371 e. The van der Waals surface area contributed by atoms with Crippen molar-refractivity contribution in [3.63, 3.8) is 0 Å². The van der Waals surface area contributed by atoms with Crippen molar-refractivity contribution < 1.29 is 23.9 Å². The van der Waals surface area contributed by atoms with E-state index in [1.165, 1.54) is 24.1 Å². The molecular weight excluding hydrogens is 252 g/mol. The molecule has 2 N–H and O–H groups in total. The van der Waals surface area contributed by atoms with Crippen molar-refractivity contribution in [1.82, 2.24) is 10.2 Å². The van der Waals surface area contributed by atoms with Gasteiger partial charge < -0.3 is 19.7 Å². The van der Waals surface area contributed by atoms with E-state index in [0.29, 0.717) is 13.0 Å². The molecule has 1 saturated heterocycles. The van der Waals surface area contributed by atoms with E-state index in [9.17, 15) is 14.4 Å². The number of aromatic carboxylic acids is 1. The second-order valence-corrected chi connectivity index (χ2v) is 4.24. The summed E-state index contributed by atoms with van der Waals surface area (Å²) in [5.41, 5.74) is 0. The van der Waals surface area contributed by atoms with Crippen LogP contribution < -0.4 is 5.32 Å². The lowest BCUT2D eigenvalue weighted by Crippen LogP contribution is -2.44. The van der Waals surface area contributed by atoms with E-state index in [4.69, 9.17) is 9.52 Å². The number of furan rings is 1. The van der Waals surface area contributed by atoms with Crippen LogP contribution in [0.3, 0.4) is 0 Å². The van der Waals surface area contributed by atoms with Crippen molar-refractivity contribution in [2.45, 2.75) is 18.9 Å². The van der Waals surface area contributed by atoms with E-state index < -0.39 is 17.9 Å². The zero-order valence-corrected chi connectivity index (χ0v) is 10.4. The second kappa shape index (κ2) is 5.13. The molecule has 0 radical (unpaired) electrons. The number of rotatable bonds is 3. The third-order valence-corrected chi connectivity index (χ3v) is 3.09. The number of carbonyl (C=O) groups excluding carboxylic acids is 2. The van der Waals surface area contributed by atoms with Gasteiger partial charge in [0.05, 0.1) is 0 Å². The first-order chi connectivity index (χ1) is 9.04. The minimum atomic E-state index is -1.23. The van der Waals surface area contributed by atoms with Crippen molar-refractivity contribution in [1.29, 1.82) is 0 Å². The van der Waals surface area contributed by atoms with Gasteiger partial charge in [0.1, 0.15) is 6.04 Å². The number of hydrogen-bond donors (Lipinski definition) is 2. The van der Waals surface area contributed by atoms with Crippen LogP contribution in [-0.4, -0.2) is 47.4 Å². The lowest BCUT2D eigenvalue weighted by molar-refractivity contribution is -0.124. The van der Waals surface area contributed by atoms with E-state index in [-0.39, 0.29) is 17.4 Å². The molecule has 7 nitrogen and oxygen atoms in total. The molecule has 2 amide bonds. The summed E-state index contributed by atoms with van der Waals surface area (Å²) >= 11 is 0. The van der Waals surface area contributed by atoms with Gasteiger partial charge in [-0.15, -0.1) is 0 Å². The van der Waals surface area contributed by atoms with Crippen molar-refractivity contribution in [3.05, 3.63) is 23.7 Å². The van der Waals surface area contributed by atoms with Crippen LogP contribution >= 0.6 is 0 Å². The van der Waals surface area contributed by atoms with Crippen molar-refractivity contribution >= 4 is 17.8 Å². The molecule has 0 aliphatic carbocycles. The first-order valence-electron chi connectivity index (χ1n) is 5.90. The van der Waals surface area contributed by atoms with E-state index in [2.05, 4.69) is 5.32 Å². The Kier molecular flexibility index (Phi) is 3.55. The fourth-order valence-corrected chi connectivity index (χ4v) is 2.16. The summed E-state index contributed by atoms with van der Waals surface area (Å²) in [5.74, 6) is -2.27. The van der Waals surface area contributed by atoms with Crippen LogP contribution in [-0.2, 0) is 4.79 Å². The summed E-state index contributed by atoms with van der Waals surface area (Å²) in [6.45, 7) is 0.458. The zero-order valence-electron chi connectivity index (χ0n) is 10.4. The van der Waals surface area contributed by atoms with Gasteiger partial charge in [-0.1, -0.05) is 0 Å². The number of carboxylic acids is 1. The van der Waals surface area contributed by atoms with E-state index in [0.717, 1.165) is 6.42 Å².